The maximum absolute atomic E-state index is 12.4. The lowest BCUT2D eigenvalue weighted by molar-refractivity contribution is 0.595. The maximum Gasteiger partial charge on any atom is 0.184 e. The first kappa shape index (κ1) is 15.8. The van der Waals surface area contributed by atoms with Crippen molar-refractivity contribution in [2.75, 3.05) is 5.73 Å². The lowest BCUT2D eigenvalue weighted by Crippen LogP contribution is -2.08. The lowest BCUT2D eigenvalue weighted by Gasteiger charge is -2.09. The number of rotatable bonds is 3. The summed E-state index contributed by atoms with van der Waals surface area (Å²) in [6, 6.07) is 11.1. The molecule has 0 unspecified atom stereocenters. The van der Waals surface area contributed by atoms with Crippen LogP contribution >= 0.6 is 27.5 Å². The predicted molar refractivity (Wildman–Crippen MR) is 85.6 cm³/mol. The Morgan fingerprint density at radius 3 is 2.52 bits per heavy atom. The minimum Gasteiger partial charge on any atom is -0.398 e. The van der Waals surface area contributed by atoms with Crippen molar-refractivity contribution in [3.8, 4) is 6.07 Å². The van der Waals surface area contributed by atoms with E-state index in [9.17, 15) is 8.42 Å². The average molecular weight is 386 g/mol. The molecule has 0 amide bonds. The maximum atomic E-state index is 12.4. The summed E-state index contributed by atoms with van der Waals surface area (Å²) in [7, 11) is -3.62. The van der Waals surface area contributed by atoms with Gasteiger partial charge < -0.3 is 5.73 Å². The smallest absolute Gasteiger partial charge is 0.184 e. The van der Waals surface area contributed by atoms with Gasteiger partial charge in [0.25, 0.3) is 0 Å². The first-order valence-electron chi connectivity index (χ1n) is 5.80. The third kappa shape index (κ3) is 3.56. The normalized spacial score (nSPS) is 11.1. The largest absolute Gasteiger partial charge is 0.398 e. The van der Waals surface area contributed by atoms with Crippen LogP contribution in [0.25, 0.3) is 0 Å². The molecular formula is C14H10BrClN2O2S. The van der Waals surface area contributed by atoms with Crippen LogP contribution in [-0.4, -0.2) is 8.42 Å². The zero-order valence-electron chi connectivity index (χ0n) is 10.7. The standard InChI is InChI=1S/C14H10BrClN2O2S/c15-11-3-4-14(13(18)6-11)21(19,20)8-10-2-1-9(7-17)5-12(10)16/h1-6H,8,18H2. The molecule has 4 nitrogen and oxygen atoms in total. The number of halogens is 2. The highest BCUT2D eigenvalue weighted by Gasteiger charge is 2.20. The molecule has 0 spiro atoms. The number of sulfone groups is 1. The molecule has 0 heterocycles. The van der Waals surface area contributed by atoms with Gasteiger partial charge >= 0.3 is 0 Å². The van der Waals surface area contributed by atoms with Crippen LogP contribution in [-0.2, 0) is 15.6 Å². The van der Waals surface area contributed by atoms with Crippen molar-refractivity contribution >= 4 is 43.1 Å². The minimum atomic E-state index is -3.62. The van der Waals surface area contributed by atoms with Crippen molar-refractivity contribution in [1.82, 2.24) is 0 Å². The number of nitrogen functional groups attached to an aromatic ring is 1. The highest BCUT2D eigenvalue weighted by molar-refractivity contribution is 9.10. The van der Waals surface area contributed by atoms with Gasteiger partial charge in [-0.15, -0.1) is 0 Å². The van der Waals surface area contributed by atoms with Crippen LogP contribution in [0.4, 0.5) is 5.69 Å². The lowest BCUT2D eigenvalue weighted by atomic mass is 10.2. The van der Waals surface area contributed by atoms with E-state index in [2.05, 4.69) is 15.9 Å². The van der Waals surface area contributed by atoms with Crippen LogP contribution in [0.15, 0.2) is 45.8 Å². The SMILES string of the molecule is N#Cc1ccc(CS(=O)(=O)c2ccc(Br)cc2N)c(Cl)c1. The molecule has 0 bridgehead atoms. The number of nitrogens with zero attached hydrogens (tertiary/aromatic N) is 1. The van der Waals surface area contributed by atoms with Crippen LogP contribution in [0.5, 0.6) is 0 Å². The molecule has 2 aromatic rings. The van der Waals surface area contributed by atoms with Crippen LogP contribution in [0.3, 0.4) is 0 Å². The molecule has 0 saturated heterocycles. The van der Waals surface area contributed by atoms with Crippen LogP contribution in [0, 0.1) is 11.3 Å². The Bertz CT molecular complexity index is 845. The van der Waals surface area contributed by atoms with Crippen molar-refractivity contribution in [2.24, 2.45) is 0 Å². The van der Waals surface area contributed by atoms with Gasteiger partial charge in [0, 0.05) is 9.50 Å². The monoisotopic (exact) mass is 384 g/mol. The second-order valence-corrected chi connectivity index (χ2v) is 7.64. The molecule has 2 aromatic carbocycles. The van der Waals surface area contributed by atoms with E-state index >= 15 is 0 Å². The Morgan fingerprint density at radius 2 is 1.95 bits per heavy atom. The van der Waals surface area contributed by atoms with E-state index in [4.69, 9.17) is 22.6 Å². The van der Waals surface area contributed by atoms with Crippen LogP contribution in [0.2, 0.25) is 5.02 Å². The molecule has 0 radical (unpaired) electrons. The Balaban J connectivity index is 2.40. The average Bonchev–Trinajstić information content (AvgIpc) is 2.40. The van der Waals surface area contributed by atoms with Crippen molar-refractivity contribution < 1.29 is 8.42 Å². The second kappa shape index (κ2) is 6.06. The van der Waals surface area contributed by atoms with Gasteiger partial charge in [0.2, 0.25) is 0 Å². The first-order chi connectivity index (χ1) is 9.83. The quantitative estimate of drug-likeness (QED) is 0.819. The van der Waals surface area contributed by atoms with Gasteiger partial charge in [-0.1, -0.05) is 33.6 Å². The molecule has 2 rings (SSSR count). The highest BCUT2D eigenvalue weighted by atomic mass is 79.9. The fraction of sp³-hybridized carbons (Fsp3) is 0.0714. The summed E-state index contributed by atoms with van der Waals surface area (Å²) >= 11 is 9.24. The highest BCUT2D eigenvalue weighted by Crippen LogP contribution is 2.28. The first-order valence-corrected chi connectivity index (χ1v) is 8.62. The van der Waals surface area contributed by atoms with Crippen molar-refractivity contribution in [2.45, 2.75) is 10.6 Å². The molecule has 0 aliphatic rings. The van der Waals surface area contributed by atoms with Crippen LogP contribution < -0.4 is 5.73 Å². The molecule has 21 heavy (non-hydrogen) atoms. The molecule has 0 aliphatic carbocycles. The predicted octanol–water partition coefficient (Wildman–Crippen LogP) is 3.53. The number of nitrogens with two attached hydrogens (primary N) is 1. The van der Waals surface area contributed by atoms with Gasteiger partial charge in [-0.2, -0.15) is 5.26 Å². The summed E-state index contributed by atoms with van der Waals surface area (Å²) in [4.78, 5) is 0.0612. The summed E-state index contributed by atoms with van der Waals surface area (Å²) < 4.78 is 25.5. The topological polar surface area (TPSA) is 84.0 Å². The summed E-state index contributed by atoms with van der Waals surface area (Å²) in [5.41, 5.74) is 6.74. The molecular weight excluding hydrogens is 376 g/mol. The summed E-state index contributed by atoms with van der Waals surface area (Å²) in [6.45, 7) is 0. The van der Waals surface area contributed by atoms with Gasteiger partial charge in [0.1, 0.15) is 0 Å². The number of anilines is 1. The Labute approximate surface area is 136 Å². The molecule has 0 aliphatic heterocycles. The van der Waals surface area contributed by atoms with Crippen molar-refractivity contribution in [3.05, 3.63) is 57.0 Å². The Morgan fingerprint density at radius 1 is 1.24 bits per heavy atom. The second-order valence-electron chi connectivity index (χ2n) is 4.36. The summed E-state index contributed by atoms with van der Waals surface area (Å²) in [5, 5.41) is 9.02. The van der Waals surface area contributed by atoms with Crippen molar-refractivity contribution in [1.29, 1.82) is 5.26 Å². The van der Waals surface area contributed by atoms with E-state index in [0.29, 0.717) is 15.6 Å². The van der Waals surface area contributed by atoms with Crippen molar-refractivity contribution in [3.63, 3.8) is 0 Å². The zero-order chi connectivity index (χ0) is 15.6. The molecule has 0 atom stereocenters. The van der Waals surface area contributed by atoms with Gasteiger partial charge in [-0.25, -0.2) is 8.42 Å². The Kier molecular flexibility index (Phi) is 4.57. The molecule has 0 saturated carbocycles. The van der Waals surface area contributed by atoms with E-state index in [0.717, 1.165) is 0 Å². The number of hydrogen-bond donors (Lipinski definition) is 1. The van der Waals surface area contributed by atoms with Gasteiger partial charge in [0.15, 0.2) is 9.84 Å². The third-order valence-corrected chi connectivity index (χ3v) is 5.41. The minimum absolute atomic E-state index is 0.0612. The van der Waals surface area contributed by atoms with Crippen LogP contribution in [0.1, 0.15) is 11.1 Å². The fourth-order valence-electron chi connectivity index (χ4n) is 1.82. The van der Waals surface area contributed by atoms with E-state index in [-0.39, 0.29) is 21.4 Å². The fourth-order valence-corrected chi connectivity index (χ4v) is 4.03. The summed E-state index contributed by atoms with van der Waals surface area (Å²) in [5.74, 6) is -0.274. The summed E-state index contributed by atoms with van der Waals surface area (Å²) in [6.07, 6.45) is 0. The molecule has 0 fully saturated rings. The third-order valence-electron chi connectivity index (χ3n) is 2.83. The van der Waals surface area contributed by atoms with E-state index in [1.807, 2.05) is 6.07 Å². The molecule has 7 heteroatoms. The molecule has 0 aromatic heterocycles. The number of hydrogen-bond acceptors (Lipinski definition) is 4. The van der Waals surface area contributed by atoms with E-state index in [1.54, 1.807) is 6.07 Å². The van der Waals surface area contributed by atoms with Gasteiger partial charge in [0.05, 0.1) is 28.0 Å². The Hall–Kier alpha value is -1.55. The van der Waals surface area contributed by atoms with Gasteiger partial charge in [-0.3, -0.25) is 0 Å². The zero-order valence-corrected chi connectivity index (χ0v) is 13.8. The van der Waals surface area contributed by atoms with E-state index in [1.165, 1.54) is 30.3 Å². The van der Waals surface area contributed by atoms with E-state index < -0.39 is 9.84 Å². The molecule has 108 valence electrons. The molecule has 2 N–H and O–H groups in total. The number of benzene rings is 2. The number of nitriles is 1. The van der Waals surface area contributed by atoms with Gasteiger partial charge in [-0.05, 0) is 35.9 Å².